The molecule has 0 radical (unpaired) electrons. The van der Waals surface area contributed by atoms with Crippen LogP contribution in [0.3, 0.4) is 0 Å². The molecule has 0 fully saturated rings. The van der Waals surface area contributed by atoms with Crippen LogP contribution >= 0.6 is 11.8 Å². The van der Waals surface area contributed by atoms with Crippen LogP contribution in [0.15, 0.2) is 52.1 Å². The molecular weight excluding hydrogens is 480 g/mol. The maximum atomic E-state index is 13.3. The Balaban J connectivity index is 2.20. The van der Waals surface area contributed by atoms with Crippen LogP contribution in [-0.2, 0) is 14.3 Å². The molecule has 1 atom stereocenters. The molecule has 0 bridgehead atoms. The van der Waals surface area contributed by atoms with Crippen molar-refractivity contribution in [3.8, 4) is 23.6 Å². The topological polar surface area (TPSA) is 140 Å². The van der Waals surface area contributed by atoms with Crippen LogP contribution in [0.5, 0.6) is 11.5 Å². The van der Waals surface area contributed by atoms with Gasteiger partial charge in [-0.25, -0.2) is 9.78 Å². The molecular formula is C26H26N4O5S. The number of carbonyl (C=O) groups is 1. The second-order valence-electron chi connectivity index (χ2n) is 7.73. The van der Waals surface area contributed by atoms with Gasteiger partial charge in [0.15, 0.2) is 11.5 Å². The average molecular weight is 507 g/mol. The standard InChI is InChI=1S/C26H26N4O5S/c1-6-34-26(31)22-20(13-36-25-17(11-27)14(2)10-15(3)30-25)35-24(29)18(12-28)21(22)16-8-7-9-19(32-4)23(16)33-5/h7-10,21H,6,13,29H2,1-5H3. The number of ether oxygens (including phenoxy) is 4. The molecule has 2 N–H and O–H groups in total. The number of benzene rings is 1. The van der Waals surface area contributed by atoms with Crippen molar-refractivity contribution >= 4 is 17.7 Å². The van der Waals surface area contributed by atoms with E-state index in [2.05, 4.69) is 17.1 Å². The Hall–Kier alpha value is -4.15. The zero-order chi connectivity index (χ0) is 26.4. The van der Waals surface area contributed by atoms with Gasteiger partial charge in [0.25, 0.3) is 0 Å². The van der Waals surface area contributed by atoms with Crippen molar-refractivity contribution in [3.63, 3.8) is 0 Å². The quantitative estimate of drug-likeness (QED) is 0.412. The second-order valence-corrected chi connectivity index (χ2v) is 8.69. The molecule has 2 heterocycles. The molecule has 186 valence electrons. The summed E-state index contributed by atoms with van der Waals surface area (Å²) in [4.78, 5) is 17.8. The molecule has 3 rings (SSSR count). The summed E-state index contributed by atoms with van der Waals surface area (Å²) >= 11 is 1.23. The Morgan fingerprint density at radius 1 is 1.22 bits per heavy atom. The summed E-state index contributed by atoms with van der Waals surface area (Å²) in [5.74, 6) is -0.623. The lowest BCUT2D eigenvalue weighted by atomic mass is 9.82. The predicted molar refractivity (Wildman–Crippen MR) is 133 cm³/mol. The number of pyridine rings is 1. The lowest BCUT2D eigenvalue weighted by molar-refractivity contribution is -0.139. The summed E-state index contributed by atoms with van der Waals surface area (Å²) in [5, 5.41) is 20.1. The number of para-hydroxylation sites is 1. The molecule has 36 heavy (non-hydrogen) atoms. The van der Waals surface area contributed by atoms with E-state index in [4.69, 9.17) is 24.7 Å². The van der Waals surface area contributed by atoms with Gasteiger partial charge >= 0.3 is 5.97 Å². The van der Waals surface area contributed by atoms with Gasteiger partial charge in [0.1, 0.15) is 28.5 Å². The Bertz CT molecular complexity index is 1340. The summed E-state index contributed by atoms with van der Waals surface area (Å²) in [6.45, 7) is 5.47. The van der Waals surface area contributed by atoms with Gasteiger partial charge in [-0.3, -0.25) is 0 Å². The molecule has 0 amide bonds. The SMILES string of the molecule is CCOC(=O)C1=C(CSc2nc(C)cc(C)c2C#N)OC(N)=C(C#N)C1c1cccc(OC)c1OC. The first kappa shape index (κ1) is 26.5. The molecule has 1 aromatic carbocycles. The highest BCUT2D eigenvalue weighted by Gasteiger charge is 2.39. The number of methoxy groups -OCH3 is 2. The van der Waals surface area contributed by atoms with E-state index in [0.717, 1.165) is 11.3 Å². The molecule has 9 nitrogen and oxygen atoms in total. The fourth-order valence-electron chi connectivity index (χ4n) is 3.98. The van der Waals surface area contributed by atoms with Crippen LogP contribution in [0.2, 0.25) is 0 Å². The van der Waals surface area contributed by atoms with E-state index in [-0.39, 0.29) is 35.1 Å². The molecule has 0 saturated carbocycles. The van der Waals surface area contributed by atoms with Crippen molar-refractivity contribution in [2.45, 2.75) is 31.7 Å². The Morgan fingerprint density at radius 2 is 1.97 bits per heavy atom. The van der Waals surface area contributed by atoms with Gasteiger partial charge in [-0.15, -0.1) is 0 Å². The van der Waals surface area contributed by atoms with Crippen LogP contribution in [0.4, 0.5) is 0 Å². The average Bonchev–Trinajstić information content (AvgIpc) is 2.86. The number of nitrogens with two attached hydrogens (primary N) is 1. The van der Waals surface area contributed by atoms with Crippen molar-refractivity contribution in [1.29, 1.82) is 10.5 Å². The normalized spacial score (nSPS) is 15.0. The lowest BCUT2D eigenvalue weighted by Gasteiger charge is -2.29. The molecule has 0 spiro atoms. The predicted octanol–water partition coefficient (Wildman–Crippen LogP) is 4.00. The molecule has 0 aliphatic carbocycles. The highest BCUT2D eigenvalue weighted by atomic mass is 32.2. The maximum Gasteiger partial charge on any atom is 0.338 e. The van der Waals surface area contributed by atoms with E-state index >= 15 is 0 Å². The molecule has 0 saturated heterocycles. The van der Waals surface area contributed by atoms with E-state index in [1.165, 1.54) is 26.0 Å². The number of hydrogen-bond donors (Lipinski definition) is 1. The van der Waals surface area contributed by atoms with Gasteiger partial charge in [0, 0.05) is 11.3 Å². The third kappa shape index (κ3) is 5.09. The van der Waals surface area contributed by atoms with E-state index in [9.17, 15) is 15.3 Å². The minimum atomic E-state index is -0.925. The van der Waals surface area contributed by atoms with Crippen molar-refractivity contribution in [3.05, 3.63) is 69.4 Å². The fourth-order valence-corrected chi connectivity index (χ4v) is 5.03. The first-order chi connectivity index (χ1) is 17.3. The van der Waals surface area contributed by atoms with Gasteiger partial charge < -0.3 is 24.7 Å². The summed E-state index contributed by atoms with van der Waals surface area (Å²) in [6.07, 6.45) is 0. The number of aromatic nitrogens is 1. The van der Waals surface area contributed by atoms with Crippen molar-refractivity contribution in [2.75, 3.05) is 26.6 Å². The number of carbonyl (C=O) groups excluding carboxylic acids is 1. The number of rotatable bonds is 8. The van der Waals surface area contributed by atoms with Crippen LogP contribution < -0.4 is 15.2 Å². The largest absolute Gasteiger partial charge is 0.493 e. The van der Waals surface area contributed by atoms with Gasteiger partial charge in [-0.05, 0) is 38.5 Å². The third-order valence-corrected chi connectivity index (χ3v) is 6.48. The molecule has 1 aromatic heterocycles. The van der Waals surface area contributed by atoms with Gasteiger partial charge in [0.05, 0.1) is 43.6 Å². The maximum absolute atomic E-state index is 13.3. The Kier molecular flexibility index (Phi) is 8.46. The minimum absolute atomic E-state index is 0.0422. The molecule has 1 aliphatic heterocycles. The number of nitriles is 2. The van der Waals surface area contributed by atoms with Crippen molar-refractivity contribution in [1.82, 2.24) is 4.98 Å². The van der Waals surface area contributed by atoms with Gasteiger partial charge in [-0.2, -0.15) is 10.5 Å². The third-order valence-electron chi connectivity index (χ3n) is 5.50. The van der Waals surface area contributed by atoms with Crippen molar-refractivity contribution in [2.24, 2.45) is 5.73 Å². The van der Waals surface area contributed by atoms with Crippen LogP contribution in [-0.4, -0.2) is 37.5 Å². The minimum Gasteiger partial charge on any atom is -0.493 e. The highest BCUT2D eigenvalue weighted by Crippen LogP contribution is 2.46. The summed E-state index contributed by atoms with van der Waals surface area (Å²) in [7, 11) is 2.97. The number of esters is 1. The summed E-state index contributed by atoms with van der Waals surface area (Å²) < 4.78 is 22.2. The first-order valence-corrected chi connectivity index (χ1v) is 12.0. The van der Waals surface area contributed by atoms with E-state index in [1.807, 2.05) is 19.9 Å². The van der Waals surface area contributed by atoms with Crippen LogP contribution in [0.1, 0.15) is 35.2 Å². The lowest BCUT2D eigenvalue weighted by Crippen LogP contribution is -2.27. The van der Waals surface area contributed by atoms with E-state index < -0.39 is 11.9 Å². The number of thioether (sulfide) groups is 1. The fraction of sp³-hybridized carbons (Fsp3) is 0.308. The molecule has 1 aliphatic rings. The zero-order valence-electron chi connectivity index (χ0n) is 20.7. The molecule has 1 unspecified atom stereocenters. The zero-order valence-corrected chi connectivity index (χ0v) is 21.5. The van der Waals surface area contributed by atoms with Gasteiger partial charge in [-0.1, -0.05) is 23.9 Å². The number of aryl methyl sites for hydroxylation is 2. The number of nitrogens with zero attached hydrogens (tertiary/aromatic N) is 3. The monoisotopic (exact) mass is 506 g/mol. The second kappa shape index (κ2) is 11.5. The molecule has 2 aromatic rings. The van der Waals surface area contributed by atoms with E-state index in [0.29, 0.717) is 27.7 Å². The Morgan fingerprint density at radius 3 is 2.58 bits per heavy atom. The van der Waals surface area contributed by atoms with E-state index in [1.54, 1.807) is 25.1 Å². The highest BCUT2D eigenvalue weighted by molar-refractivity contribution is 7.99. The van der Waals surface area contributed by atoms with Crippen molar-refractivity contribution < 1.29 is 23.7 Å². The Labute approximate surface area is 214 Å². The number of hydrogen-bond acceptors (Lipinski definition) is 10. The van der Waals surface area contributed by atoms with Crippen LogP contribution in [0, 0.1) is 36.5 Å². The smallest absolute Gasteiger partial charge is 0.338 e. The van der Waals surface area contributed by atoms with Gasteiger partial charge in [0.2, 0.25) is 5.88 Å². The summed E-state index contributed by atoms with van der Waals surface area (Å²) in [5.41, 5.74) is 8.81. The number of allylic oxidation sites excluding steroid dienone is 1. The molecule has 10 heteroatoms. The first-order valence-electron chi connectivity index (χ1n) is 11.0. The van der Waals surface area contributed by atoms with Crippen LogP contribution in [0.25, 0.3) is 0 Å². The summed E-state index contributed by atoms with van der Waals surface area (Å²) in [6, 6.07) is 11.2.